The maximum Gasteiger partial charge on any atom is 0.356 e. The van der Waals surface area contributed by atoms with Crippen LogP contribution in [0, 0.1) is 6.92 Å². The summed E-state index contributed by atoms with van der Waals surface area (Å²) in [4.78, 5) is 23.4. The van der Waals surface area contributed by atoms with Crippen molar-refractivity contribution >= 4 is 11.7 Å². The van der Waals surface area contributed by atoms with Gasteiger partial charge in [0, 0.05) is 5.92 Å². The molecule has 0 spiro atoms. The number of aromatic nitrogens is 4. The fourth-order valence-electron chi connectivity index (χ4n) is 1.55. The quantitative estimate of drug-likeness (QED) is 0.847. The highest BCUT2D eigenvalue weighted by Crippen LogP contribution is 2.17. The predicted molar refractivity (Wildman–Crippen MR) is 69.4 cm³/mol. The topological polar surface area (TPSA) is 114 Å². The van der Waals surface area contributed by atoms with E-state index in [1.54, 1.807) is 6.92 Å². The summed E-state index contributed by atoms with van der Waals surface area (Å²) in [6.45, 7) is 5.71. The number of rotatable bonds is 5. The van der Waals surface area contributed by atoms with Crippen molar-refractivity contribution < 1.29 is 14.4 Å². The van der Waals surface area contributed by atoms with Crippen LogP contribution >= 0.6 is 0 Å². The van der Waals surface area contributed by atoms with Gasteiger partial charge in [0.15, 0.2) is 11.5 Å². The Morgan fingerprint density at radius 3 is 2.75 bits per heavy atom. The highest BCUT2D eigenvalue weighted by Gasteiger charge is 2.16. The average molecular weight is 277 g/mol. The van der Waals surface area contributed by atoms with Gasteiger partial charge in [-0.25, -0.2) is 14.8 Å². The van der Waals surface area contributed by atoms with Crippen LogP contribution in [0.3, 0.4) is 0 Å². The second kappa shape index (κ2) is 5.64. The van der Waals surface area contributed by atoms with Crippen molar-refractivity contribution in [2.24, 2.45) is 0 Å². The molecule has 0 bridgehead atoms. The number of aryl methyl sites for hydroxylation is 1. The molecule has 8 heteroatoms. The normalized spacial score (nSPS) is 10.8. The summed E-state index contributed by atoms with van der Waals surface area (Å²) in [5.74, 6) is 0.319. The lowest BCUT2D eigenvalue weighted by molar-refractivity contribution is 0.0691. The zero-order valence-electron chi connectivity index (χ0n) is 11.4. The first-order valence-corrected chi connectivity index (χ1v) is 6.10. The Hall–Kier alpha value is -2.51. The van der Waals surface area contributed by atoms with Crippen LogP contribution in [-0.4, -0.2) is 31.2 Å². The Morgan fingerprint density at radius 1 is 1.45 bits per heavy atom. The number of nitrogens with zero attached hydrogens (tertiary/aromatic N) is 4. The third-order valence-corrected chi connectivity index (χ3v) is 2.53. The molecule has 0 amide bonds. The number of aromatic carboxylic acids is 1. The molecule has 106 valence electrons. The first-order chi connectivity index (χ1) is 9.47. The molecule has 2 heterocycles. The second-order valence-corrected chi connectivity index (χ2v) is 4.54. The van der Waals surface area contributed by atoms with E-state index in [0.717, 1.165) is 0 Å². The van der Waals surface area contributed by atoms with Crippen molar-refractivity contribution in [1.29, 1.82) is 0 Å². The highest BCUT2D eigenvalue weighted by atomic mass is 16.5. The van der Waals surface area contributed by atoms with Crippen LogP contribution in [0.5, 0.6) is 0 Å². The summed E-state index contributed by atoms with van der Waals surface area (Å²) >= 11 is 0. The molecule has 2 aromatic rings. The maximum absolute atomic E-state index is 11.2. The lowest BCUT2D eigenvalue weighted by Gasteiger charge is -2.09. The van der Waals surface area contributed by atoms with Gasteiger partial charge in [0.1, 0.15) is 5.82 Å². The lowest BCUT2D eigenvalue weighted by Crippen LogP contribution is -2.12. The Kier molecular flexibility index (Phi) is 3.92. The largest absolute Gasteiger partial charge is 0.476 e. The number of carboxylic acids is 1. The average Bonchev–Trinajstić information content (AvgIpc) is 2.81. The smallest absolute Gasteiger partial charge is 0.356 e. The highest BCUT2D eigenvalue weighted by molar-refractivity contribution is 5.91. The minimum absolute atomic E-state index is 0.0562. The van der Waals surface area contributed by atoms with Gasteiger partial charge in [-0.15, -0.1) is 0 Å². The Bertz CT molecular complexity index is 623. The van der Waals surface area contributed by atoms with Crippen LogP contribution in [0.15, 0.2) is 10.7 Å². The van der Waals surface area contributed by atoms with Gasteiger partial charge in [0.25, 0.3) is 0 Å². The van der Waals surface area contributed by atoms with E-state index in [9.17, 15) is 9.90 Å². The van der Waals surface area contributed by atoms with Crippen molar-refractivity contribution in [2.45, 2.75) is 33.2 Å². The van der Waals surface area contributed by atoms with E-state index in [-0.39, 0.29) is 18.2 Å². The van der Waals surface area contributed by atoms with Crippen LogP contribution < -0.4 is 5.32 Å². The molecular weight excluding hydrogens is 262 g/mol. The zero-order chi connectivity index (χ0) is 14.7. The summed E-state index contributed by atoms with van der Waals surface area (Å²) in [6.07, 6.45) is 1.45. The van der Waals surface area contributed by atoms with E-state index in [1.165, 1.54) is 6.20 Å². The molecule has 0 aliphatic rings. The molecule has 20 heavy (non-hydrogen) atoms. The van der Waals surface area contributed by atoms with Gasteiger partial charge in [-0.2, -0.15) is 4.98 Å². The lowest BCUT2D eigenvalue weighted by atomic mass is 10.2. The standard InChI is InChI=1S/C12H15N5O3/c1-6(2)11-14-4-8(10(16-11)12(18)19)13-5-9-15-7(3)17-20-9/h4,6,13H,5H2,1-3H3,(H,18,19). The summed E-state index contributed by atoms with van der Waals surface area (Å²) in [5, 5.41) is 15.7. The van der Waals surface area contributed by atoms with Crippen LogP contribution in [0.2, 0.25) is 0 Å². The van der Waals surface area contributed by atoms with Gasteiger partial charge in [0.2, 0.25) is 5.89 Å². The summed E-state index contributed by atoms with van der Waals surface area (Å²) in [6, 6.07) is 0. The van der Waals surface area contributed by atoms with Crippen LogP contribution in [0.25, 0.3) is 0 Å². The van der Waals surface area contributed by atoms with Gasteiger partial charge in [-0.05, 0) is 6.92 Å². The van der Waals surface area contributed by atoms with E-state index in [4.69, 9.17) is 4.52 Å². The van der Waals surface area contributed by atoms with Crippen LogP contribution in [0.1, 0.15) is 47.8 Å². The van der Waals surface area contributed by atoms with Crippen LogP contribution in [0.4, 0.5) is 5.69 Å². The molecule has 0 atom stereocenters. The van der Waals surface area contributed by atoms with Crippen molar-refractivity contribution in [1.82, 2.24) is 20.1 Å². The van der Waals surface area contributed by atoms with Crippen molar-refractivity contribution in [3.63, 3.8) is 0 Å². The molecule has 0 unspecified atom stereocenters. The number of anilines is 1. The van der Waals surface area contributed by atoms with E-state index < -0.39 is 5.97 Å². The molecule has 2 N–H and O–H groups in total. The Morgan fingerprint density at radius 2 is 2.20 bits per heavy atom. The van der Waals surface area contributed by atoms with E-state index in [0.29, 0.717) is 23.2 Å². The maximum atomic E-state index is 11.2. The number of nitrogens with one attached hydrogen (secondary N) is 1. The van der Waals surface area contributed by atoms with Gasteiger partial charge in [-0.1, -0.05) is 19.0 Å². The SMILES string of the molecule is Cc1noc(CNc2cnc(C(C)C)nc2C(=O)O)n1. The van der Waals surface area contributed by atoms with Crippen molar-refractivity contribution in [3.05, 3.63) is 29.4 Å². The summed E-state index contributed by atoms with van der Waals surface area (Å²) < 4.78 is 4.94. The molecule has 8 nitrogen and oxygen atoms in total. The van der Waals surface area contributed by atoms with E-state index in [2.05, 4.69) is 25.4 Å². The second-order valence-electron chi connectivity index (χ2n) is 4.54. The molecule has 0 aliphatic carbocycles. The molecule has 2 aromatic heterocycles. The fourth-order valence-corrected chi connectivity index (χ4v) is 1.55. The molecule has 0 fully saturated rings. The molecule has 0 radical (unpaired) electrons. The molecule has 2 rings (SSSR count). The van der Waals surface area contributed by atoms with Gasteiger partial charge in [-0.3, -0.25) is 0 Å². The minimum atomic E-state index is -1.11. The van der Waals surface area contributed by atoms with E-state index in [1.807, 2.05) is 13.8 Å². The minimum Gasteiger partial charge on any atom is -0.476 e. The number of carbonyl (C=O) groups is 1. The summed E-state index contributed by atoms with van der Waals surface area (Å²) in [7, 11) is 0. The number of hydrogen-bond acceptors (Lipinski definition) is 7. The molecule has 0 aromatic carbocycles. The molecule has 0 aliphatic heterocycles. The number of hydrogen-bond donors (Lipinski definition) is 2. The number of carboxylic acid groups (broad SMARTS) is 1. The Balaban J connectivity index is 2.20. The van der Waals surface area contributed by atoms with Crippen molar-refractivity contribution in [2.75, 3.05) is 5.32 Å². The van der Waals surface area contributed by atoms with Crippen molar-refractivity contribution in [3.8, 4) is 0 Å². The predicted octanol–water partition coefficient (Wildman–Crippen LogP) is 1.60. The summed E-state index contributed by atoms with van der Waals surface area (Å²) in [5.41, 5.74) is 0.248. The van der Waals surface area contributed by atoms with Gasteiger partial charge in [0.05, 0.1) is 18.4 Å². The molecule has 0 saturated carbocycles. The first-order valence-electron chi connectivity index (χ1n) is 6.10. The third kappa shape index (κ3) is 3.08. The fraction of sp³-hybridized carbons (Fsp3) is 0.417. The monoisotopic (exact) mass is 277 g/mol. The van der Waals surface area contributed by atoms with E-state index >= 15 is 0 Å². The van der Waals surface area contributed by atoms with Crippen LogP contribution in [-0.2, 0) is 6.54 Å². The van der Waals surface area contributed by atoms with Gasteiger partial charge < -0.3 is 14.9 Å². The molecular formula is C12H15N5O3. The first kappa shape index (κ1) is 13.9. The zero-order valence-corrected chi connectivity index (χ0v) is 11.4. The van der Waals surface area contributed by atoms with Gasteiger partial charge >= 0.3 is 5.97 Å². The molecule has 0 saturated heterocycles. The Labute approximate surface area is 115 Å². The third-order valence-electron chi connectivity index (χ3n) is 2.53.